The molecule has 0 atom stereocenters. The van der Waals surface area contributed by atoms with Gasteiger partial charge in [-0.25, -0.2) is 4.98 Å². The van der Waals surface area contributed by atoms with E-state index in [1.54, 1.807) is 11.0 Å². The lowest BCUT2D eigenvalue weighted by atomic mass is 10.2. The molecule has 84 valence electrons. The van der Waals surface area contributed by atoms with Crippen molar-refractivity contribution in [2.45, 2.75) is 13.1 Å². The summed E-state index contributed by atoms with van der Waals surface area (Å²) in [7, 11) is 1.89. The summed E-state index contributed by atoms with van der Waals surface area (Å²) in [5, 5.41) is 7.34. The van der Waals surface area contributed by atoms with Crippen molar-refractivity contribution in [3.63, 3.8) is 0 Å². The van der Waals surface area contributed by atoms with E-state index in [4.69, 9.17) is 0 Å². The van der Waals surface area contributed by atoms with Gasteiger partial charge in [0.15, 0.2) is 0 Å². The van der Waals surface area contributed by atoms with Gasteiger partial charge < -0.3 is 5.32 Å². The minimum atomic E-state index is 0.729. The van der Waals surface area contributed by atoms with Crippen LogP contribution in [0.3, 0.4) is 0 Å². The van der Waals surface area contributed by atoms with Crippen LogP contribution in [0.15, 0.2) is 35.1 Å². The van der Waals surface area contributed by atoms with E-state index in [-0.39, 0.29) is 0 Å². The summed E-state index contributed by atoms with van der Waals surface area (Å²) in [5.41, 5.74) is 1.25. The molecule has 1 aromatic carbocycles. The topological polar surface area (TPSA) is 42.7 Å². The fourth-order valence-electron chi connectivity index (χ4n) is 1.40. The molecule has 16 heavy (non-hydrogen) atoms. The summed E-state index contributed by atoms with van der Waals surface area (Å²) in [6, 6.07) is 8.26. The Balaban J connectivity index is 1.84. The molecule has 0 radical (unpaired) electrons. The van der Waals surface area contributed by atoms with E-state index < -0.39 is 0 Å². The molecule has 0 bridgehead atoms. The Morgan fingerprint density at radius 3 is 2.62 bits per heavy atom. The third-order valence-electron chi connectivity index (χ3n) is 2.33. The highest BCUT2D eigenvalue weighted by Gasteiger charge is 1.99. The predicted molar refractivity (Wildman–Crippen MR) is 65.7 cm³/mol. The number of nitrogens with one attached hydrogen (secondary N) is 1. The van der Waals surface area contributed by atoms with Crippen LogP contribution in [0.25, 0.3) is 0 Å². The van der Waals surface area contributed by atoms with Crippen molar-refractivity contribution >= 4 is 15.9 Å². The van der Waals surface area contributed by atoms with Crippen molar-refractivity contribution in [3.05, 3.63) is 46.5 Å². The number of rotatable bonds is 4. The Morgan fingerprint density at radius 2 is 2.00 bits per heavy atom. The number of hydrogen-bond acceptors (Lipinski definition) is 3. The predicted octanol–water partition coefficient (Wildman–Crippen LogP) is 1.87. The van der Waals surface area contributed by atoms with Gasteiger partial charge in [0.05, 0.1) is 6.54 Å². The fourth-order valence-corrected chi connectivity index (χ4v) is 1.67. The Hall–Kier alpha value is -1.20. The Bertz CT molecular complexity index is 449. The van der Waals surface area contributed by atoms with Gasteiger partial charge in [0.25, 0.3) is 0 Å². The van der Waals surface area contributed by atoms with E-state index in [0.29, 0.717) is 0 Å². The molecular weight excluding hydrogens is 268 g/mol. The van der Waals surface area contributed by atoms with Crippen LogP contribution in [0, 0.1) is 0 Å². The van der Waals surface area contributed by atoms with Crippen molar-refractivity contribution in [1.82, 2.24) is 20.1 Å². The van der Waals surface area contributed by atoms with Crippen LogP contribution in [0.4, 0.5) is 0 Å². The van der Waals surface area contributed by atoms with Crippen LogP contribution in [-0.2, 0) is 20.1 Å². The molecule has 4 nitrogen and oxygen atoms in total. The molecule has 1 N–H and O–H groups in total. The number of aromatic nitrogens is 3. The average molecular weight is 281 g/mol. The molecule has 2 aromatic rings. The second-order valence-electron chi connectivity index (χ2n) is 3.53. The SMILES string of the molecule is Cn1ncnc1CNCc1ccc(Br)cc1. The third kappa shape index (κ3) is 2.90. The standard InChI is InChI=1S/C11H13BrN4/c1-16-11(14-8-15-16)7-13-6-9-2-4-10(12)5-3-9/h2-5,8,13H,6-7H2,1H3. The lowest BCUT2D eigenvalue weighted by molar-refractivity contribution is 0.614. The zero-order valence-electron chi connectivity index (χ0n) is 9.02. The molecule has 0 aliphatic carbocycles. The van der Waals surface area contributed by atoms with Gasteiger partial charge in [-0.1, -0.05) is 28.1 Å². The third-order valence-corrected chi connectivity index (χ3v) is 2.86. The van der Waals surface area contributed by atoms with Crippen LogP contribution >= 0.6 is 15.9 Å². The zero-order valence-corrected chi connectivity index (χ0v) is 10.6. The Morgan fingerprint density at radius 1 is 1.25 bits per heavy atom. The number of aryl methyl sites for hydroxylation is 1. The van der Waals surface area contributed by atoms with Gasteiger partial charge in [-0.05, 0) is 17.7 Å². The van der Waals surface area contributed by atoms with E-state index in [9.17, 15) is 0 Å². The molecule has 0 fully saturated rings. The summed E-state index contributed by atoms with van der Waals surface area (Å²) >= 11 is 3.41. The van der Waals surface area contributed by atoms with Crippen molar-refractivity contribution in [2.24, 2.45) is 7.05 Å². The van der Waals surface area contributed by atoms with Gasteiger partial charge >= 0.3 is 0 Å². The summed E-state index contributed by atoms with van der Waals surface area (Å²) < 4.78 is 2.87. The molecule has 0 saturated carbocycles. The molecule has 0 saturated heterocycles. The smallest absolute Gasteiger partial charge is 0.140 e. The Kier molecular flexibility index (Phi) is 3.69. The van der Waals surface area contributed by atoms with Crippen LogP contribution in [0.2, 0.25) is 0 Å². The summed E-state index contributed by atoms with van der Waals surface area (Å²) in [6.07, 6.45) is 1.57. The Labute approximate surface area is 103 Å². The molecule has 0 amide bonds. The van der Waals surface area contributed by atoms with Crippen LogP contribution in [-0.4, -0.2) is 14.8 Å². The van der Waals surface area contributed by atoms with Crippen molar-refractivity contribution in [3.8, 4) is 0 Å². The van der Waals surface area contributed by atoms with Crippen molar-refractivity contribution in [1.29, 1.82) is 0 Å². The molecule has 1 aromatic heterocycles. The first-order valence-electron chi connectivity index (χ1n) is 5.04. The first-order valence-corrected chi connectivity index (χ1v) is 5.83. The lowest BCUT2D eigenvalue weighted by Crippen LogP contribution is -2.16. The normalized spacial score (nSPS) is 10.6. The van der Waals surface area contributed by atoms with Gasteiger partial charge in [0.2, 0.25) is 0 Å². The van der Waals surface area contributed by atoms with Crippen LogP contribution in [0.1, 0.15) is 11.4 Å². The average Bonchev–Trinajstić information content (AvgIpc) is 2.68. The van der Waals surface area contributed by atoms with Gasteiger partial charge in [0.1, 0.15) is 12.2 Å². The molecule has 0 aliphatic heterocycles. The maximum atomic E-state index is 4.14. The summed E-state index contributed by atoms with van der Waals surface area (Å²) in [6.45, 7) is 1.56. The minimum Gasteiger partial charge on any atom is -0.306 e. The number of hydrogen-bond donors (Lipinski definition) is 1. The number of benzene rings is 1. The highest BCUT2D eigenvalue weighted by atomic mass is 79.9. The molecule has 5 heteroatoms. The molecular formula is C11H13BrN4. The minimum absolute atomic E-state index is 0.729. The van der Waals surface area contributed by atoms with Crippen LogP contribution in [0.5, 0.6) is 0 Å². The van der Waals surface area contributed by atoms with Gasteiger partial charge in [0, 0.05) is 18.1 Å². The molecule has 0 aliphatic rings. The molecule has 0 spiro atoms. The first kappa shape index (κ1) is 11.3. The first-order chi connectivity index (χ1) is 7.75. The van der Waals surface area contributed by atoms with Crippen molar-refractivity contribution < 1.29 is 0 Å². The molecule has 2 rings (SSSR count). The second-order valence-corrected chi connectivity index (χ2v) is 4.45. The summed E-state index contributed by atoms with van der Waals surface area (Å²) in [4.78, 5) is 4.14. The van der Waals surface area contributed by atoms with Gasteiger partial charge in [-0.3, -0.25) is 4.68 Å². The maximum Gasteiger partial charge on any atom is 0.140 e. The second kappa shape index (κ2) is 5.23. The van der Waals surface area contributed by atoms with Gasteiger partial charge in [-0.15, -0.1) is 0 Å². The van der Waals surface area contributed by atoms with E-state index in [1.807, 2.05) is 19.2 Å². The number of halogens is 1. The van der Waals surface area contributed by atoms with E-state index in [0.717, 1.165) is 23.4 Å². The summed E-state index contributed by atoms with van der Waals surface area (Å²) in [5.74, 6) is 0.942. The monoisotopic (exact) mass is 280 g/mol. The largest absolute Gasteiger partial charge is 0.306 e. The highest BCUT2D eigenvalue weighted by molar-refractivity contribution is 9.10. The number of nitrogens with zero attached hydrogens (tertiary/aromatic N) is 3. The van der Waals surface area contributed by atoms with Crippen LogP contribution < -0.4 is 5.32 Å². The van der Waals surface area contributed by atoms with Crippen molar-refractivity contribution in [2.75, 3.05) is 0 Å². The lowest BCUT2D eigenvalue weighted by Gasteiger charge is -2.04. The van der Waals surface area contributed by atoms with E-state index in [2.05, 4.69) is 43.5 Å². The van der Waals surface area contributed by atoms with Gasteiger partial charge in [-0.2, -0.15) is 5.10 Å². The fraction of sp³-hybridized carbons (Fsp3) is 0.273. The zero-order chi connectivity index (χ0) is 11.4. The maximum absolute atomic E-state index is 4.14. The molecule has 0 unspecified atom stereocenters. The molecule has 1 heterocycles. The highest BCUT2D eigenvalue weighted by Crippen LogP contribution is 2.10. The van der Waals surface area contributed by atoms with E-state index >= 15 is 0 Å². The van der Waals surface area contributed by atoms with E-state index in [1.165, 1.54) is 5.56 Å². The quantitative estimate of drug-likeness (QED) is 0.930.